The SMILES string of the molecule is C.CC[C@H]1OC(=O)[C@H](C)C(=O)[C@H](C)[C@@H](O[C@@H]2OC(C)CC(N(C)C)C2O)[C@](C)(OC)C[C@@H](C)CN[C@H](CCN2CCOCC2)[C@H]2N(CCCCn3cc(-c4cccc(N)c4)nn3)C(=O)O[C@]12C. The molecule has 4 saturated heterocycles. The van der Waals surface area contributed by atoms with Gasteiger partial charge in [0, 0.05) is 62.5 Å². The molecule has 1 aromatic heterocycles. The number of carbonyl (C=O) groups is 3. The summed E-state index contributed by atoms with van der Waals surface area (Å²) >= 11 is 0. The van der Waals surface area contributed by atoms with E-state index in [1.165, 1.54) is 0 Å². The third kappa shape index (κ3) is 12.7. The summed E-state index contributed by atoms with van der Waals surface area (Å²) in [6.07, 6.45) is 0.748. The summed E-state index contributed by atoms with van der Waals surface area (Å²) in [4.78, 5) is 49.4. The number of methoxy groups -OCH3 is 1. The Balaban J connectivity index is 0.00000840. The molecule has 67 heavy (non-hydrogen) atoms. The molecule has 1 aromatic carbocycles. The minimum absolute atomic E-state index is 0. The molecular formula is C49H82N8O10. The van der Waals surface area contributed by atoms with Crippen molar-refractivity contribution in [3.63, 3.8) is 0 Å². The van der Waals surface area contributed by atoms with Crippen LogP contribution in [0.3, 0.4) is 0 Å². The second kappa shape index (κ2) is 23.7. The van der Waals surface area contributed by atoms with Gasteiger partial charge in [-0.05, 0) is 111 Å². The van der Waals surface area contributed by atoms with Gasteiger partial charge in [0.1, 0.15) is 23.8 Å². The number of Topliss-reactive ketones (excluding diaryl/α,β-unsaturated/α-hetero) is 1. The van der Waals surface area contributed by atoms with Crippen LogP contribution in [0.5, 0.6) is 0 Å². The van der Waals surface area contributed by atoms with Crippen molar-refractivity contribution in [2.75, 3.05) is 72.9 Å². The number of aliphatic hydroxyl groups excluding tert-OH is 1. The molecule has 6 rings (SSSR count). The fourth-order valence-electron chi connectivity index (χ4n) is 10.7. The van der Waals surface area contributed by atoms with Gasteiger partial charge in [-0.1, -0.05) is 45.5 Å². The van der Waals surface area contributed by atoms with E-state index < -0.39 is 71.5 Å². The van der Waals surface area contributed by atoms with Crippen LogP contribution in [-0.2, 0) is 44.6 Å². The largest absolute Gasteiger partial charge is 0.458 e. The van der Waals surface area contributed by atoms with E-state index in [2.05, 4.69) is 27.5 Å². The highest BCUT2D eigenvalue weighted by atomic mass is 16.7. The Labute approximate surface area is 398 Å². The van der Waals surface area contributed by atoms with Crippen molar-refractivity contribution in [3.05, 3.63) is 30.5 Å². The van der Waals surface area contributed by atoms with Gasteiger partial charge >= 0.3 is 12.1 Å². The standard InChI is InChI=1S/C48H78N8O10.CH4/c1-11-39-48(7)42(56(46(60)66-48)19-13-12-18-55-29-37(51-52-55)34-15-14-16-35(49)26-34)36(17-20-54-21-23-62-24-22-54)50-28-30(2)27-47(6,61-10)43(32(4)40(57)33(5)44(59)64-39)65-45-41(58)38(53(8)9)25-31(3)63-45;/h14-16,26,29-33,36,38-39,41-43,45,50,58H,11-13,17-25,27-28,49H2,1-10H3;1H4/t30-,31?,32+,33-,36-,38?,39-,41?,42-,43-,45+,47-,48-;/m1./s1. The van der Waals surface area contributed by atoms with Crippen molar-refractivity contribution in [1.29, 1.82) is 0 Å². The highest BCUT2D eigenvalue weighted by Gasteiger charge is 2.59. The number of amides is 1. The van der Waals surface area contributed by atoms with Gasteiger partial charge in [-0.2, -0.15) is 0 Å². The van der Waals surface area contributed by atoms with Crippen LogP contribution in [0.1, 0.15) is 94.4 Å². The lowest BCUT2D eigenvalue weighted by Gasteiger charge is -2.46. The van der Waals surface area contributed by atoms with E-state index in [0.29, 0.717) is 77.1 Å². The molecule has 0 radical (unpaired) electrons. The third-order valence-electron chi connectivity index (χ3n) is 14.5. The number of nitrogens with two attached hydrogens (primary N) is 1. The first-order chi connectivity index (χ1) is 31.4. The first-order valence-corrected chi connectivity index (χ1v) is 24.1. The van der Waals surface area contributed by atoms with Crippen LogP contribution in [0.15, 0.2) is 30.5 Å². The quantitative estimate of drug-likeness (QED) is 0.102. The number of carbonyl (C=O) groups excluding carboxylic acids is 3. The summed E-state index contributed by atoms with van der Waals surface area (Å²) < 4.78 is 39.6. The molecule has 378 valence electrons. The van der Waals surface area contributed by atoms with Crippen LogP contribution < -0.4 is 11.1 Å². The van der Waals surface area contributed by atoms with Crippen molar-refractivity contribution >= 4 is 23.5 Å². The number of benzene rings is 1. The molecule has 4 N–H and O–H groups in total. The number of fused-ring (bicyclic) bond motifs is 1. The number of nitrogens with zero attached hydrogens (tertiary/aromatic N) is 6. The van der Waals surface area contributed by atoms with Gasteiger partial charge in [-0.15, -0.1) is 5.10 Å². The number of hydrogen-bond acceptors (Lipinski definition) is 16. The molecule has 3 unspecified atom stereocenters. The van der Waals surface area contributed by atoms with Crippen LogP contribution in [0, 0.1) is 17.8 Å². The number of rotatable bonds is 14. The van der Waals surface area contributed by atoms with Crippen LogP contribution in [-0.4, -0.2) is 180 Å². The zero-order valence-corrected chi connectivity index (χ0v) is 41.0. The Bertz CT molecular complexity index is 1920. The van der Waals surface area contributed by atoms with E-state index >= 15 is 0 Å². The lowest BCUT2D eigenvalue weighted by atomic mass is 9.78. The first-order valence-electron chi connectivity index (χ1n) is 24.1. The summed E-state index contributed by atoms with van der Waals surface area (Å²) in [7, 11) is 5.42. The summed E-state index contributed by atoms with van der Waals surface area (Å²) in [5, 5.41) is 24.2. The second-order valence-corrected chi connectivity index (χ2v) is 19.8. The van der Waals surface area contributed by atoms with Gasteiger partial charge in [0.05, 0.1) is 43.3 Å². The van der Waals surface area contributed by atoms with E-state index in [-0.39, 0.29) is 31.5 Å². The van der Waals surface area contributed by atoms with Crippen LogP contribution in [0.4, 0.5) is 10.5 Å². The molecule has 0 bridgehead atoms. The number of unbranched alkanes of at least 4 members (excludes halogenated alkanes) is 1. The summed E-state index contributed by atoms with van der Waals surface area (Å²) in [6, 6.07) is 6.44. The van der Waals surface area contributed by atoms with Crippen molar-refractivity contribution < 1.29 is 47.9 Å². The number of cyclic esters (lactones) is 1. The van der Waals surface area contributed by atoms with Crippen molar-refractivity contribution in [2.45, 2.75) is 161 Å². The molecule has 0 spiro atoms. The molecule has 18 nitrogen and oxygen atoms in total. The molecule has 13 atom stereocenters. The van der Waals surface area contributed by atoms with Gasteiger partial charge in [0.15, 0.2) is 17.7 Å². The molecule has 1 amide bonds. The Hall–Kier alpha value is -3.75. The average molecular weight is 943 g/mol. The van der Waals surface area contributed by atoms with Crippen LogP contribution in [0.25, 0.3) is 11.3 Å². The maximum atomic E-state index is 14.6. The topological polar surface area (TPSA) is 205 Å². The lowest BCUT2D eigenvalue weighted by Crippen LogP contribution is -2.62. The zero-order chi connectivity index (χ0) is 47.9. The average Bonchev–Trinajstić information content (AvgIpc) is 3.87. The number of nitrogen functional groups attached to an aromatic ring is 1. The number of ether oxygens (including phenoxy) is 6. The number of likely N-dealkylation sites (N-methyl/N-ethyl adjacent to an activating group) is 1. The molecule has 18 heteroatoms. The number of aryl methyl sites for hydroxylation is 1. The summed E-state index contributed by atoms with van der Waals surface area (Å²) in [5.74, 6) is -3.22. The number of esters is 1. The smallest absolute Gasteiger partial charge is 0.410 e. The fraction of sp³-hybridized carbons (Fsp3) is 0.776. The Morgan fingerprint density at radius 1 is 1.04 bits per heavy atom. The summed E-state index contributed by atoms with van der Waals surface area (Å²) in [6.45, 7) is 18.2. The fourth-order valence-corrected chi connectivity index (χ4v) is 10.7. The number of morpholine rings is 1. The van der Waals surface area contributed by atoms with Crippen molar-refractivity contribution in [1.82, 2.24) is 35.0 Å². The lowest BCUT2D eigenvalue weighted by molar-refractivity contribution is -0.295. The van der Waals surface area contributed by atoms with Crippen LogP contribution >= 0.6 is 0 Å². The molecule has 4 aliphatic rings. The molecule has 2 aromatic rings. The number of aliphatic hydroxyl groups is 1. The Morgan fingerprint density at radius 2 is 1.76 bits per heavy atom. The summed E-state index contributed by atoms with van der Waals surface area (Å²) in [5.41, 5.74) is 5.92. The van der Waals surface area contributed by atoms with Crippen LogP contribution in [0.2, 0.25) is 0 Å². The highest BCUT2D eigenvalue weighted by Crippen LogP contribution is 2.41. The van der Waals surface area contributed by atoms with E-state index in [9.17, 15) is 19.5 Å². The van der Waals surface area contributed by atoms with Gasteiger partial charge < -0.3 is 49.5 Å². The molecule has 0 aliphatic carbocycles. The number of aromatic nitrogens is 3. The molecule has 4 aliphatic heterocycles. The zero-order valence-electron chi connectivity index (χ0n) is 41.0. The van der Waals surface area contributed by atoms with Crippen molar-refractivity contribution in [2.24, 2.45) is 17.8 Å². The molecule has 5 heterocycles. The highest BCUT2D eigenvalue weighted by molar-refractivity contribution is 6.00. The minimum Gasteiger partial charge on any atom is -0.458 e. The third-order valence-corrected chi connectivity index (χ3v) is 14.5. The first kappa shape index (κ1) is 54.2. The van der Waals surface area contributed by atoms with E-state index in [0.717, 1.165) is 30.9 Å². The van der Waals surface area contributed by atoms with Gasteiger partial charge in [-0.3, -0.25) is 24.1 Å². The van der Waals surface area contributed by atoms with E-state index in [1.807, 2.05) is 82.1 Å². The number of ketones is 1. The number of hydrogen-bond donors (Lipinski definition) is 3. The minimum atomic E-state index is -1.28. The maximum Gasteiger partial charge on any atom is 0.410 e. The monoisotopic (exact) mass is 943 g/mol. The number of nitrogens with one attached hydrogen (secondary N) is 1. The van der Waals surface area contributed by atoms with E-state index in [1.54, 1.807) is 25.6 Å². The number of anilines is 1. The molecule has 4 fully saturated rings. The predicted octanol–water partition coefficient (Wildman–Crippen LogP) is 4.62. The van der Waals surface area contributed by atoms with Gasteiger partial charge in [-0.25, -0.2) is 4.79 Å². The van der Waals surface area contributed by atoms with Gasteiger partial charge in [0.2, 0.25) is 0 Å². The predicted molar refractivity (Wildman–Crippen MR) is 255 cm³/mol. The van der Waals surface area contributed by atoms with E-state index in [4.69, 9.17) is 34.2 Å². The van der Waals surface area contributed by atoms with Gasteiger partial charge in [0.25, 0.3) is 0 Å². The Morgan fingerprint density at radius 3 is 2.43 bits per heavy atom. The molecular weight excluding hydrogens is 861 g/mol. The maximum absolute atomic E-state index is 14.6. The Kier molecular flexibility index (Phi) is 19.2. The normalized spacial score (nSPS) is 35.0. The van der Waals surface area contributed by atoms with Crippen molar-refractivity contribution in [3.8, 4) is 11.3 Å². The second-order valence-electron chi connectivity index (χ2n) is 19.8. The molecule has 0 saturated carbocycles.